The monoisotopic (exact) mass is 308 g/mol. The molecule has 2 atom stereocenters. The number of aromatic nitrogens is 2. The smallest absolute Gasteiger partial charge is 0.314 e. The van der Waals surface area contributed by atoms with Gasteiger partial charge in [0.25, 0.3) is 0 Å². The average molecular weight is 308 g/mol. The highest BCUT2D eigenvalue weighted by atomic mass is 16.4. The van der Waals surface area contributed by atoms with Crippen molar-refractivity contribution in [2.45, 2.75) is 39.2 Å². The van der Waals surface area contributed by atoms with Crippen molar-refractivity contribution in [1.82, 2.24) is 9.97 Å². The van der Waals surface area contributed by atoms with Gasteiger partial charge in [-0.3, -0.25) is 4.79 Å². The molecule has 1 aromatic rings. The maximum absolute atomic E-state index is 11.8. The van der Waals surface area contributed by atoms with Crippen LogP contribution in [-0.4, -0.2) is 52.4 Å². The minimum Gasteiger partial charge on any atom is -0.481 e. The van der Waals surface area contributed by atoms with Gasteiger partial charge in [0.15, 0.2) is 0 Å². The predicted molar refractivity (Wildman–Crippen MR) is 84.1 cm³/mol. The van der Waals surface area contributed by atoms with Gasteiger partial charge >= 0.3 is 5.97 Å². The standard InChI is InChI=1S/C15H24N4O3/c1-4-6-15(13(21)22)9-19(7-5-11(15)20)14-17-10(2)8-12(16-3)18-14/h8,11,20H,4-7,9H2,1-3H3,(H,21,22)(H,16,17,18)/t11-,15+/m0/s1. The van der Waals surface area contributed by atoms with Crippen molar-refractivity contribution in [3.63, 3.8) is 0 Å². The Bertz CT molecular complexity index is 552. The van der Waals surface area contributed by atoms with Crippen LogP contribution in [0.2, 0.25) is 0 Å². The summed E-state index contributed by atoms with van der Waals surface area (Å²) < 4.78 is 0. The van der Waals surface area contributed by atoms with Crippen LogP contribution >= 0.6 is 0 Å². The number of carboxylic acids is 1. The van der Waals surface area contributed by atoms with Gasteiger partial charge in [-0.2, -0.15) is 4.98 Å². The molecule has 7 heteroatoms. The number of aliphatic hydroxyl groups excluding tert-OH is 1. The molecule has 1 aliphatic rings. The number of piperidine rings is 1. The van der Waals surface area contributed by atoms with Gasteiger partial charge in [-0.05, 0) is 19.8 Å². The third-order valence-electron chi connectivity index (χ3n) is 4.29. The Morgan fingerprint density at radius 3 is 2.86 bits per heavy atom. The molecule has 0 amide bonds. The molecule has 0 spiro atoms. The van der Waals surface area contributed by atoms with E-state index in [1.807, 2.05) is 24.8 Å². The summed E-state index contributed by atoms with van der Waals surface area (Å²) >= 11 is 0. The summed E-state index contributed by atoms with van der Waals surface area (Å²) in [7, 11) is 1.78. The van der Waals surface area contributed by atoms with Crippen molar-refractivity contribution in [1.29, 1.82) is 0 Å². The van der Waals surface area contributed by atoms with Crippen LogP contribution in [0, 0.1) is 12.3 Å². The van der Waals surface area contributed by atoms with Gasteiger partial charge in [-0.15, -0.1) is 0 Å². The van der Waals surface area contributed by atoms with E-state index in [4.69, 9.17) is 0 Å². The van der Waals surface area contributed by atoms with Crippen molar-refractivity contribution >= 4 is 17.7 Å². The summed E-state index contributed by atoms with van der Waals surface area (Å²) in [6, 6.07) is 1.83. The lowest BCUT2D eigenvalue weighted by Crippen LogP contribution is -2.56. The van der Waals surface area contributed by atoms with Crippen LogP contribution < -0.4 is 10.2 Å². The Hall–Kier alpha value is -1.89. The number of hydrogen-bond acceptors (Lipinski definition) is 6. The Morgan fingerprint density at radius 1 is 1.55 bits per heavy atom. The van der Waals surface area contributed by atoms with Crippen molar-refractivity contribution in [2.24, 2.45) is 5.41 Å². The number of carbonyl (C=O) groups is 1. The Balaban J connectivity index is 2.34. The predicted octanol–water partition coefficient (Wildman–Crippen LogP) is 1.27. The number of aliphatic hydroxyl groups is 1. The summed E-state index contributed by atoms with van der Waals surface area (Å²) in [6.45, 7) is 4.58. The van der Waals surface area contributed by atoms with Gasteiger partial charge in [0.2, 0.25) is 5.95 Å². The number of hydrogen-bond donors (Lipinski definition) is 3. The topological polar surface area (TPSA) is 98.6 Å². The van der Waals surface area contributed by atoms with Crippen LogP contribution in [0.1, 0.15) is 31.9 Å². The van der Waals surface area contributed by atoms with Gasteiger partial charge in [0.1, 0.15) is 11.2 Å². The first-order valence-electron chi connectivity index (χ1n) is 7.62. The summed E-state index contributed by atoms with van der Waals surface area (Å²) in [5.41, 5.74) is -0.336. The van der Waals surface area contributed by atoms with Crippen LogP contribution in [0.3, 0.4) is 0 Å². The van der Waals surface area contributed by atoms with Crippen molar-refractivity contribution in [3.8, 4) is 0 Å². The Kier molecular flexibility index (Phi) is 4.85. The molecule has 0 aliphatic carbocycles. The first-order valence-corrected chi connectivity index (χ1v) is 7.62. The molecule has 0 unspecified atom stereocenters. The zero-order valence-corrected chi connectivity index (χ0v) is 13.3. The molecule has 0 bridgehead atoms. The van der Waals surface area contributed by atoms with Crippen LogP contribution in [0.4, 0.5) is 11.8 Å². The zero-order chi connectivity index (χ0) is 16.3. The molecule has 7 nitrogen and oxygen atoms in total. The number of rotatable bonds is 5. The second kappa shape index (κ2) is 6.48. The first-order chi connectivity index (χ1) is 10.4. The zero-order valence-electron chi connectivity index (χ0n) is 13.3. The minimum absolute atomic E-state index is 0.226. The van der Waals surface area contributed by atoms with E-state index in [0.29, 0.717) is 37.6 Å². The molecule has 122 valence electrons. The number of aryl methyl sites for hydroxylation is 1. The summed E-state index contributed by atoms with van der Waals surface area (Å²) in [5, 5.41) is 22.9. The number of anilines is 2. The number of aliphatic carboxylic acids is 1. The Morgan fingerprint density at radius 2 is 2.27 bits per heavy atom. The van der Waals surface area contributed by atoms with E-state index in [0.717, 1.165) is 5.69 Å². The summed E-state index contributed by atoms with van der Waals surface area (Å²) in [4.78, 5) is 22.5. The van der Waals surface area contributed by atoms with E-state index in [-0.39, 0.29) is 6.54 Å². The van der Waals surface area contributed by atoms with E-state index < -0.39 is 17.5 Å². The van der Waals surface area contributed by atoms with E-state index in [1.165, 1.54) is 0 Å². The lowest BCUT2D eigenvalue weighted by Gasteiger charge is -2.43. The maximum Gasteiger partial charge on any atom is 0.314 e. The van der Waals surface area contributed by atoms with Crippen LogP contribution in [-0.2, 0) is 4.79 Å². The molecule has 3 N–H and O–H groups in total. The number of nitrogens with zero attached hydrogens (tertiary/aromatic N) is 3. The van der Waals surface area contributed by atoms with Crippen LogP contribution in [0.15, 0.2) is 6.07 Å². The first kappa shape index (κ1) is 16.5. The number of nitrogens with one attached hydrogen (secondary N) is 1. The fourth-order valence-electron chi connectivity index (χ4n) is 3.08. The van der Waals surface area contributed by atoms with Gasteiger partial charge < -0.3 is 20.4 Å². The minimum atomic E-state index is -1.15. The molecular formula is C15H24N4O3. The third-order valence-corrected chi connectivity index (χ3v) is 4.29. The highest BCUT2D eigenvalue weighted by molar-refractivity contribution is 5.77. The van der Waals surface area contributed by atoms with Gasteiger partial charge in [-0.25, -0.2) is 4.98 Å². The molecule has 0 aromatic carbocycles. The fraction of sp³-hybridized carbons (Fsp3) is 0.667. The van der Waals surface area contributed by atoms with Crippen LogP contribution in [0.25, 0.3) is 0 Å². The largest absolute Gasteiger partial charge is 0.481 e. The highest BCUT2D eigenvalue weighted by Crippen LogP contribution is 2.36. The second-order valence-electron chi connectivity index (χ2n) is 5.88. The van der Waals surface area contributed by atoms with Gasteiger partial charge in [0.05, 0.1) is 6.10 Å². The van der Waals surface area contributed by atoms with Gasteiger partial charge in [0, 0.05) is 31.9 Å². The molecule has 0 radical (unpaired) electrons. The second-order valence-corrected chi connectivity index (χ2v) is 5.88. The highest BCUT2D eigenvalue weighted by Gasteiger charge is 2.49. The quantitative estimate of drug-likeness (QED) is 0.753. The molecular weight excluding hydrogens is 284 g/mol. The van der Waals surface area contributed by atoms with Crippen molar-refractivity contribution < 1.29 is 15.0 Å². The maximum atomic E-state index is 11.8. The summed E-state index contributed by atoms with van der Waals surface area (Å²) in [6.07, 6.45) is 0.700. The lowest BCUT2D eigenvalue weighted by molar-refractivity contribution is -0.158. The summed E-state index contributed by atoms with van der Waals surface area (Å²) in [5.74, 6) is 0.260. The number of carboxylic acid groups (broad SMARTS) is 1. The molecule has 0 saturated carbocycles. The van der Waals surface area contributed by atoms with E-state index in [1.54, 1.807) is 7.05 Å². The SMILES string of the molecule is CCC[C@@]1(C(=O)O)CN(c2nc(C)cc(NC)n2)CC[C@@H]1O. The molecule has 22 heavy (non-hydrogen) atoms. The van der Waals surface area contributed by atoms with E-state index >= 15 is 0 Å². The van der Waals surface area contributed by atoms with Gasteiger partial charge in [-0.1, -0.05) is 13.3 Å². The van der Waals surface area contributed by atoms with Crippen LogP contribution in [0.5, 0.6) is 0 Å². The molecule has 2 rings (SSSR count). The van der Waals surface area contributed by atoms with Crippen molar-refractivity contribution in [2.75, 3.05) is 30.4 Å². The third kappa shape index (κ3) is 2.99. The molecule has 1 fully saturated rings. The Labute approximate surface area is 130 Å². The normalized spacial score (nSPS) is 25.1. The van der Waals surface area contributed by atoms with Crippen molar-refractivity contribution in [3.05, 3.63) is 11.8 Å². The fourth-order valence-corrected chi connectivity index (χ4v) is 3.08. The van der Waals surface area contributed by atoms with E-state index in [9.17, 15) is 15.0 Å². The molecule has 2 heterocycles. The average Bonchev–Trinajstić information content (AvgIpc) is 2.48. The van der Waals surface area contributed by atoms with E-state index in [2.05, 4.69) is 15.3 Å². The molecule has 1 aliphatic heterocycles. The molecule has 1 aromatic heterocycles. The molecule has 1 saturated heterocycles. The lowest BCUT2D eigenvalue weighted by atomic mass is 9.74.